The number of halogens is 3. The van der Waals surface area contributed by atoms with Crippen molar-refractivity contribution < 1.29 is 27.4 Å². The van der Waals surface area contributed by atoms with Gasteiger partial charge in [-0.05, 0) is 56.7 Å². The monoisotopic (exact) mass is 514 g/mol. The summed E-state index contributed by atoms with van der Waals surface area (Å²) in [5, 5.41) is 9.90. The molecular weight excluding hydrogens is 489 g/mol. The maximum absolute atomic E-state index is 12.6. The first-order valence-corrected chi connectivity index (χ1v) is 11.6. The van der Waals surface area contributed by atoms with Crippen LogP contribution in [0.3, 0.4) is 0 Å². The molecule has 12 heteroatoms. The summed E-state index contributed by atoms with van der Waals surface area (Å²) in [6, 6.07) is 7.32. The Morgan fingerprint density at radius 3 is 2.38 bits per heavy atom. The van der Waals surface area contributed by atoms with Gasteiger partial charge in [0.2, 0.25) is 0 Å². The van der Waals surface area contributed by atoms with Gasteiger partial charge < -0.3 is 14.4 Å². The minimum absolute atomic E-state index is 0.0799. The molecule has 4 aromatic rings. The van der Waals surface area contributed by atoms with Crippen LogP contribution in [-0.2, 0) is 11.8 Å². The summed E-state index contributed by atoms with van der Waals surface area (Å²) >= 11 is 0. The highest BCUT2D eigenvalue weighted by Crippen LogP contribution is 2.38. The molecule has 9 nitrogen and oxygen atoms in total. The van der Waals surface area contributed by atoms with Crippen molar-refractivity contribution in [2.75, 3.05) is 13.1 Å². The molecule has 0 saturated carbocycles. The summed E-state index contributed by atoms with van der Waals surface area (Å²) in [7, 11) is 1.82. The van der Waals surface area contributed by atoms with Crippen molar-refractivity contribution in [3.63, 3.8) is 0 Å². The van der Waals surface area contributed by atoms with Crippen LogP contribution in [0.5, 0.6) is 5.75 Å². The Morgan fingerprint density at radius 2 is 1.78 bits per heavy atom. The second-order valence-corrected chi connectivity index (χ2v) is 9.88. The Hall–Kier alpha value is -4.09. The van der Waals surface area contributed by atoms with E-state index >= 15 is 0 Å². The second-order valence-electron chi connectivity index (χ2n) is 9.88. The van der Waals surface area contributed by atoms with Gasteiger partial charge in [0.25, 0.3) is 0 Å². The molecule has 0 spiro atoms. The lowest BCUT2D eigenvalue weighted by atomic mass is 9.92. The van der Waals surface area contributed by atoms with Crippen LogP contribution in [0.2, 0.25) is 0 Å². The van der Waals surface area contributed by atoms with E-state index in [1.54, 1.807) is 26.7 Å². The van der Waals surface area contributed by atoms with Gasteiger partial charge in [0.05, 0.1) is 23.0 Å². The quantitative estimate of drug-likeness (QED) is 0.379. The minimum Gasteiger partial charge on any atom is -0.444 e. The molecule has 0 aliphatic carbocycles. The third-order valence-electron chi connectivity index (χ3n) is 5.85. The maximum atomic E-state index is 12.6. The van der Waals surface area contributed by atoms with E-state index < -0.39 is 18.1 Å². The third-order valence-corrected chi connectivity index (χ3v) is 5.85. The van der Waals surface area contributed by atoms with Crippen LogP contribution < -0.4 is 4.74 Å². The van der Waals surface area contributed by atoms with Gasteiger partial charge in [0.1, 0.15) is 11.4 Å². The van der Waals surface area contributed by atoms with E-state index in [0.717, 1.165) is 22.2 Å². The van der Waals surface area contributed by atoms with E-state index in [-0.39, 0.29) is 11.7 Å². The average Bonchev–Trinajstić information content (AvgIpc) is 3.35. The molecule has 3 aromatic heterocycles. The average molecular weight is 515 g/mol. The molecule has 1 fully saturated rings. The largest absolute Gasteiger partial charge is 0.573 e. The Balaban J connectivity index is 1.54. The number of nitrogens with zero attached hydrogens (tertiary/aromatic N) is 6. The van der Waals surface area contributed by atoms with Crippen molar-refractivity contribution in [1.29, 1.82) is 0 Å². The number of rotatable bonds is 4. The molecule has 0 bridgehead atoms. The van der Waals surface area contributed by atoms with E-state index in [9.17, 15) is 18.0 Å². The molecule has 0 atom stereocenters. The van der Waals surface area contributed by atoms with Gasteiger partial charge in [0, 0.05) is 44.0 Å². The number of carbonyl (C=O) groups is 1. The lowest BCUT2D eigenvalue weighted by molar-refractivity contribution is -0.274. The summed E-state index contributed by atoms with van der Waals surface area (Å²) in [4.78, 5) is 18.7. The topological polar surface area (TPSA) is 87.3 Å². The highest BCUT2D eigenvalue weighted by molar-refractivity contribution is 5.96. The highest BCUT2D eigenvalue weighted by Gasteiger charge is 2.38. The first-order chi connectivity index (χ1) is 17.4. The number of alkyl halides is 3. The van der Waals surface area contributed by atoms with Crippen LogP contribution in [0, 0.1) is 0 Å². The fourth-order valence-corrected chi connectivity index (χ4v) is 4.25. The number of ether oxygens (including phenoxy) is 2. The molecule has 5 rings (SSSR count). The first kappa shape index (κ1) is 24.6. The van der Waals surface area contributed by atoms with Gasteiger partial charge in [-0.2, -0.15) is 10.2 Å². The molecular formula is C25H25F3N6O3. The van der Waals surface area contributed by atoms with Crippen molar-refractivity contribution in [2.45, 2.75) is 38.7 Å². The van der Waals surface area contributed by atoms with Crippen LogP contribution in [0.1, 0.15) is 32.4 Å². The van der Waals surface area contributed by atoms with Gasteiger partial charge in [-0.1, -0.05) is 0 Å². The van der Waals surface area contributed by atoms with Gasteiger partial charge in [0.15, 0.2) is 5.65 Å². The zero-order valence-corrected chi connectivity index (χ0v) is 20.7. The number of hydrogen-bond acceptors (Lipinski definition) is 6. The zero-order valence-electron chi connectivity index (χ0n) is 20.7. The minimum atomic E-state index is -4.78. The molecule has 1 saturated heterocycles. The van der Waals surface area contributed by atoms with E-state index in [1.807, 2.05) is 40.1 Å². The van der Waals surface area contributed by atoms with Gasteiger partial charge in [-0.3, -0.25) is 4.68 Å². The standard InChI is InChI=1S/C25H25F3N6O3/c1-24(2,3)37-23(35)33-13-16(14-33)21-20-19(15-11-30-32(4)12-15)9-10-29-22(20)34(31-21)17-5-7-18(8-6-17)36-25(26,27)28/h5-12,16H,13-14H2,1-4H3. The number of aromatic nitrogens is 5. The van der Waals surface area contributed by atoms with Gasteiger partial charge >= 0.3 is 12.5 Å². The van der Waals surface area contributed by atoms with Crippen LogP contribution in [0.25, 0.3) is 27.8 Å². The number of hydrogen-bond donors (Lipinski definition) is 0. The SMILES string of the molecule is Cn1cc(-c2ccnc3c2c(C2CN(C(=O)OC(C)(C)C)C2)nn3-c2ccc(OC(F)(F)F)cc2)cn1. The number of carbonyl (C=O) groups excluding carboxylic acids is 1. The molecule has 1 amide bonds. The third kappa shape index (κ3) is 5.09. The summed E-state index contributed by atoms with van der Waals surface area (Å²) < 4.78 is 50.6. The van der Waals surface area contributed by atoms with Crippen LogP contribution in [0.4, 0.5) is 18.0 Å². The second kappa shape index (κ2) is 8.79. The lowest BCUT2D eigenvalue weighted by Gasteiger charge is -2.39. The fourth-order valence-electron chi connectivity index (χ4n) is 4.25. The summed E-state index contributed by atoms with van der Waals surface area (Å²) in [5.41, 5.74) is 2.93. The Kier molecular flexibility index (Phi) is 5.84. The number of pyridine rings is 1. The molecule has 0 N–H and O–H groups in total. The first-order valence-electron chi connectivity index (χ1n) is 11.6. The maximum Gasteiger partial charge on any atom is 0.573 e. The Labute approximate surface area is 210 Å². The predicted molar refractivity (Wildman–Crippen MR) is 128 cm³/mol. The number of amides is 1. The molecule has 0 radical (unpaired) electrons. The summed E-state index contributed by atoms with van der Waals surface area (Å²) in [6.45, 7) is 6.28. The molecule has 194 valence electrons. The number of benzene rings is 1. The Bertz CT molecular complexity index is 1450. The number of fused-ring (bicyclic) bond motifs is 1. The smallest absolute Gasteiger partial charge is 0.444 e. The number of aryl methyl sites for hydroxylation is 1. The Morgan fingerprint density at radius 1 is 1.08 bits per heavy atom. The highest BCUT2D eigenvalue weighted by atomic mass is 19.4. The van der Waals surface area contributed by atoms with E-state index in [0.29, 0.717) is 24.4 Å². The lowest BCUT2D eigenvalue weighted by Crippen LogP contribution is -2.50. The fraction of sp³-hybridized carbons (Fsp3) is 0.360. The molecule has 4 heterocycles. The van der Waals surface area contributed by atoms with Crippen molar-refractivity contribution in [1.82, 2.24) is 29.4 Å². The molecule has 1 aromatic carbocycles. The van der Waals surface area contributed by atoms with Gasteiger partial charge in [-0.15, -0.1) is 13.2 Å². The molecule has 1 aliphatic heterocycles. The van der Waals surface area contributed by atoms with Crippen molar-refractivity contribution in [2.24, 2.45) is 7.05 Å². The van der Waals surface area contributed by atoms with Crippen molar-refractivity contribution in [3.8, 4) is 22.6 Å². The van der Waals surface area contributed by atoms with Crippen molar-refractivity contribution in [3.05, 3.63) is 54.6 Å². The van der Waals surface area contributed by atoms with E-state index in [4.69, 9.17) is 9.84 Å². The van der Waals surface area contributed by atoms with Crippen LogP contribution in [0.15, 0.2) is 48.9 Å². The van der Waals surface area contributed by atoms with Crippen molar-refractivity contribution >= 4 is 17.1 Å². The molecule has 0 unspecified atom stereocenters. The van der Waals surface area contributed by atoms with Crippen LogP contribution >= 0.6 is 0 Å². The van der Waals surface area contributed by atoms with Gasteiger partial charge in [-0.25, -0.2) is 14.5 Å². The van der Waals surface area contributed by atoms with E-state index in [1.165, 1.54) is 24.3 Å². The normalized spacial score (nSPS) is 14.6. The van der Waals surface area contributed by atoms with E-state index in [2.05, 4.69) is 14.8 Å². The number of likely N-dealkylation sites (tertiary alicyclic amines) is 1. The predicted octanol–water partition coefficient (Wildman–Crippen LogP) is 5.05. The summed E-state index contributed by atoms with van der Waals surface area (Å²) in [5.74, 6) is -0.410. The molecule has 1 aliphatic rings. The van der Waals surface area contributed by atoms with Crippen LogP contribution in [-0.4, -0.2) is 60.6 Å². The molecule has 37 heavy (non-hydrogen) atoms. The summed E-state index contributed by atoms with van der Waals surface area (Å²) in [6.07, 6.45) is 0.108. The zero-order chi connectivity index (χ0) is 26.5.